The molecule has 2 rings (SSSR count). The first-order valence-electron chi connectivity index (χ1n) is 10.7. The summed E-state index contributed by atoms with van der Waals surface area (Å²) in [6.45, 7) is 8.41. The molecule has 6 nitrogen and oxygen atoms in total. The van der Waals surface area contributed by atoms with Crippen molar-refractivity contribution in [3.8, 4) is 5.75 Å². The van der Waals surface area contributed by atoms with Gasteiger partial charge < -0.3 is 20.7 Å². The van der Waals surface area contributed by atoms with Crippen molar-refractivity contribution in [1.82, 2.24) is 10.6 Å². The Labute approximate surface area is 196 Å². The molecule has 0 aliphatic rings. The van der Waals surface area contributed by atoms with Gasteiger partial charge in [-0.25, -0.2) is 0 Å². The largest absolute Gasteiger partial charge is 0.493 e. The van der Waals surface area contributed by atoms with E-state index in [0.29, 0.717) is 19.4 Å². The first-order valence-corrected chi connectivity index (χ1v) is 11.1. The number of hydrogen-bond donors (Lipinski definition) is 3. The lowest BCUT2D eigenvalue weighted by molar-refractivity contribution is -0.128. The van der Waals surface area contributed by atoms with Crippen LogP contribution in [0.1, 0.15) is 43.4 Å². The number of likely N-dealkylation sites (N-methyl/N-ethyl adjacent to an activating group) is 1. The Morgan fingerprint density at radius 2 is 1.75 bits per heavy atom. The molecule has 0 spiro atoms. The van der Waals surface area contributed by atoms with E-state index in [-0.39, 0.29) is 16.9 Å². The smallest absolute Gasteiger partial charge is 0.231 e. The molecule has 0 aliphatic carbocycles. The molecule has 2 aromatic rings. The van der Waals surface area contributed by atoms with Crippen molar-refractivity contribution >= 4 is 34.8 Å². The fraction of sp³-hybridized carbons (Fsp3) is 0.400. The number of nitrogens with one attached hydrogen (secondary N) is 3. The first-order chi connectivity index (χ1) is 15.1. The average Bonchev–Trinajstić information content (AvgIpc) is 2.74. The van der Waals surface area contributed by atoms with Crippen molar-refractivity contribution in [2.24, 2.45) is 5.41 Å². The van der Waals surface area contributed by atoms with Gasteiger partial charge in [0.15, 0.2) is 5.11 Å². The highest BCUT2D eigenvalue weighted by atomic mass is 32.1. The van der Waals surface area contributed by atoms with E-state index in [4.69, 9.17) is 17.0 Å². The third kappa shape index (κ3) is 7.96. The summed E-state index contributed by atoms with van der Waals surface area (Å²) < 4.78 is 5.90. The Hall–Kier alpha value is -2.93. The number of aryl methyl sites for hydroxylation is 2. The number of benzene rings is 2. The Kier molecular flexibility index (Phi) is 9.20. The van der Waals surface area contributed by atoms with Crippen LogP contribution in [0.5, 0.6) is 5.75 Å². The van der Waals surface area contributed by atoms with E-state index >= 15 is 0 Å². The molecule has 0 aromatic heterocycles. The van der Waals surface area contributed by atoms with Crippen LogP contribution in [-0.2, 0) is 16.0 Å². The van der Waals surface area contributed by atoms with Crippen molar-refractivity contribution in [2.45, 2.75) is 47.0 Å². The van der Waals surface area contributed by atoms with Crippen LogP contribution in [0.2, 0.25) is 0 Å². The summed E-state index contributed by atoms with van der Waals surface area (Å²) in [6, 6.07) is 13.5. The van der Waals surface area contributed by atoms with E-state index < -0.39 is 5.41 Å². The lowest BCUT2D eigenvalue weighted by Crippen LogP contribution is -2.42. The zero-order chi connectivity index (χ0) is 23.7. The van der Waals surface area contributed by atoms with Gasteiger partial charge in [0.2, 0.25) is 11.8 Å². The average molecular weight is 456 g/mol. The summed E-state index contributed by atoms with van der Waals surface area (Å²) in [4.78, 5) is 24.2. The molecule has 3 N–H and O–H groups in total. The molecule has 0 saturated carbocycles. The van der Waals surface area contributed by atoms with E-state index in [9.17, 15) is 9.59 Å². The first kappa shape index (κ1) is 25.3. The van der Waals surface area contributed by atoms with Gasteiger partial charge in [-0.05, 0) is 73.8 Å². The molecule has 7 heteroatoms. The monoisotopic (exact) mass is 455 g/mol. The highest BCUT2D eigenvalue weighted by Crippen LogP contribution is 2.24. The standard InChI is InChI=1S/C25H33N3O3S/c1-17-7-8-18(2)21(15-17)31-14-6-13-25(3,4)23(30)28-24(32)27-20-11-9-19(10-12-20)16-22(29)26-5/h7-12,15H,6,13-14,16H2,1-5H3,(H,26,29)(H2,27,28,30,32). The number of hydrogen-bond acceptors (Lipinski definition) is 4. The predicted octanol–water partition coefficient (Wildman–Crippen LogP) is 4.29. The van der Waals surface area contributed by atoms with Crippen molar-refractivity contribution < 1.29 is 14.3 Å². The second-order valence-electron chi connectivity index (χ2n) is 8.56. The molecule has 0 unspecified atom stereocenters. The summed E-state index contributed by atoms with van der Waals surface area (Å²) in [5.41, 5.74) is 3.32. The minimum absolute atomic E-state index is 0.0462. The van der Waals surface area contributed by atoms with Gasteiger partial charge in [0.1, 0.15) is 5.75 Å². The molecule has 32 heavy (non-hydrogen) atoms. The third-order valence-corrected chi connectivity index (χ3v) is 5.45. The molecule has 0 heterocycles. The van der Waals surface area contributed by atoms with Crippen LogP contribution in [0, 0.1) is 19.3 Å². The topological polar surface area (TPSA) is 79.5 Å². The predicted molar refractivity (Wildman–Crippen MR) is 133 cm³/mol. The molecule has 2 amide bonds. The summed E-state index contributed by atoms with van der Waals surface area (Å²) in [6.07, 6.45) is 1.74. The Balaban J connectivity index is 1.79. The summed E-state index contributed by atoms with van der Waals surface area (Å²) in [5.74, 6) is 0.701. The van der Waals surface area contributed by atoms with Gasteiger partial charge in [-0.1, -0.05) is 38.1 Å². The second kappa shape index (κ2) is 11.6. The third-order valence-electron chi connectivity index (χ3n) is 5.24. The minimum Gasteiger partial charge on any atom is -0.493 e. The number of anilines is 1. The number of amides is 2. The molecule has 2 aromatic carbocycles. The Morgan fingerprint density at radius 1 is 1.06 bits per heavy atom. The SMILES string of the molecule is CNC(=O)Cc1ccc(NC(=S)NC(=O)C(C)(C)CCCOc2cc(C)ccc2C)cc1. The number of thiocarbonyl (C=S) groups is 1. The van der Waals surface area contributed by atoms with Gasteiger partial charge >= 0.3 is 0 Å². The Morgan fingerprint density at radius 3 is 2.41 bits per heavy atom. The van der Waals surface area contributed by atoms with Gasteiger partial charge in [-0.3, -0.25) is 9.59 Å². The number of carbonyl (C=O) groups is 2. The lowest BCUT2D eigenvalue weighted by atomic mass is 9.87. The molecular formula is C25H33N3O3S. The van der Waals surface area contributed by atoms with Gasteiger partial charge in [0.05, 0.1) is 13.0 Å². The van der Waals surface area contributed by atoms with Crippen molar-refractivity contribution in [1.29, 1.82) is 0 Å². The zero-order valence-electron chi connectivity index (χ0n) is 19.5. The maximum Gasteiger partial charge on any atom is 0.231 e. The molecule has 0 bridgehead atoms. The van der Waals surface area contributed by atoms with E-state index in [2.05, 4.69) is 22.0 Å². The highest BCUT2D eigenvalue weighted by molar-refractivity contribution is 7.80. The fourth-order valence-corrected chi connectivity index (χ4v) is 3.30. The maximum atomic E-state index is 12.7. The van der Waals surface area contributed by atoms with Crippen molar-refractivity contribution in [3.05, 3.63) is 59.2 Å². The molecule has 172 valence electrons. The van der Waals surface area contributed by atoms with E-state index in [0.717, 1.165) is 34.5 Å². The minimum atomic E-state index is -0.589. The van der Waals surface area contributed by atoms with Crippen molar-refractivity contribution in [2.75, 3.05) is 19.0 Å². The zero-order valence-corrected chi connectivity index (χ0v) is 20.3. The molecule has 0 saturated heterocycles. The van der Waals surface area contributed by atoms with E-state index in [1.807, 2.05) is 64.1 Å². The van der Waals surface area contributed by atoms with E-state index in [1.165, 1.54) is 0 Å². The molecule has 0 radical (unpaired) electrons. The molecule has 0 aliphatic heterocycles. The van der Waals surface area contributed by atoms with Gasteiger partial charge in [0, 0.05) is 18.2 Å². The van der Waals surface area contributed by atoms with Gasteiger partial charge in [0.25, 0.3) is 0 Å². The number of ether oxygens (including phenoxy) is 1. The summed E-state index contributed by atoms with van der Waals surface area (Å²) in [7, 11) is 1.61. The fourth-order valence-electron chi connectivity index (χ4n) is 3.09. The molecular weight excluding hydrogens is 422 g/mol. The van der Waals surface area contributed by atoms with Crippen LogP contribution in [-0.4, -0.2) is 30.6 Å². The normalized spacial score (nSPS) is 10.9. The summed E-state index contributed by atoms with van der Waals surface area (Å²) >= 11 is 5.30. The van der Waals surface area contributed by atoms with Crippen LogP contribution in [0.3, 0.4) is 0 Å². The van der Waals surface area contributed by atoms with Crippen LogP contribution >= 0.6 is 12.2 Å². The Bertz CT molecular complexity index is 955. The lowest BCUT2D eigenvalue weighted by Gasteiger charge is -2.24. The maximum absolute atomic E-state index is 12.7. The number of carbonyl (C=O) groups excluding carboxylic acids is 2. The van der Waals surface area contributed by atoms with Crippen molar-refractivity contribution in [3.63, 3.8) is 0 Å². The number of rotatable bonds is 9. The molecule has 0 atom stereocenters. The highest BCUT2D eigenvalue weighted by Gasteiger charge is 2.27. The van der Waals surface area contributed by atoms with Gasteiger partial charge in [-0.15, -0.1) is 0 Å². The summed E-state index contributed by atoms with van der Waals surface area (Å²) in [5, 5.41) is 8.63. The van der Waals surface area contributed by atoms with Crippen LogP contribution in [0.4, 0.5) is 5.69 Å². The van der Waals surface area contributed by atoms with E-state index in [1.54, 1.807) is 7.05 Å². The van der Waals surface area contributed by atoms with Gasteiger partial charge in [-0.2, -0.15) is 0 Å². The van der Waals surface area contributed by atoms with Crippen LogP contribution in [0.25, 0.3) is 0 Å². The molecule has 0 fully saturated rings. The van der Waals surface area contributed by atoms with Crippen LogP contribution < -0.4 is 20.7 Å². The van der Waals surface area contributed by atoms with Crippen LogP contribution in [0.15, 0.2) is 42.5 Å². The quantitative estimate of drug-likeness (QED) is 0.388. The second-order valence-corrected chi connectivity index (χ2v) is 8.97.